The molecule has 6 heteroatoms. The molecule has 0 N–H and O–H groups in total. The van der Waals surface area contributed by atoms with Crippen LogP contribution in [0.25, 0.3) is 11.5 Å². The van der Waals surface area contributed by atoms with Crippen molar-refractivity contribution in [1.29, 1.82) is 0 Å². The molecule has 0 aliphatic heterocycles. The van der Waals surface area contributed by atoms with E-state index in [-0.39, 0.29) is 11.5 Å². The lowest BCUT2D eigenvalue weighted by Crippen LogP contribution is -2.04. The SMILES string of the molecule is FC(F)(F)c1cccc(-c2nn[c]o2)c1. The van der Waals surface area contributed by atoms with Gasteiger partial charge in [-0.25, -0.2) is 0 Å². The van der Waals surface area contributed by atoms with Gasteiger partial charge in [-0.3, -0.25) is 0 Å². The molecular formula is C9H4F3N2O. The fourth-order valence-electron chi connectivity index (χ4n) is 1.10. The fourth-order valence-corrected chi connectivity index (χ4v) is 1.10. The summed E-state index contributed by atoms with van der Waals surface area (Å²) in [5.74, 6) is 0.0149. The van der Waals surface area contributed by atoms with Gasteiger partial charge in [0, 0.05) is 5.56 Å². The zero-order chi connectivity index (χ0) is 10.9. The van der Waals surface area contributed by atoms with Gasteiger partial charge in [-0.1, -0.05) is 6.07 Å². The van der Waals surface area contributed by atoms with Gasteiger partial charge in [-0.05, 0) is 18.2 Å². The average Bonchev–Trinajstić information content (AvgIpc) is 2.69. The van der Waals surface area contributed by atoms with Crippen LogP contribution in [0.1, 0.15) is 5.56 Å². The molecule has 1 aromatic heterocycles. The molecule has 0 atom stereocenters. The first-order valence-electron chi connectivity index (χ1n) is 3.94. The fraction of sp³-hybridized carbons (Fsp3) is 0.111. The maximum absolute atomic E-state index is 12.3. The van der Waals surface area contributed by atoms with Gasteiger partial charge in [-0.2, -0.15) is 13.2 Å². The van der Waals surface area contributed by atoms with Crippen LogP contribution < -0.4 is 0 Å². The predicted octanol–water partition coefficient (Wildman–Crippen LogP) is 2.56. The Morgan fingerprint density at radius 1 is 1.27 bits per heavy atom. The third kappa shape index (κ3) is 1.98. The highest BCUT2D eigenvalue weighted by Gasteiger charge is 2.30. The van der Waals surface area contributed by atoms with Gasteiger partial charge in [0.25, 0.3) is 0 Å². The predicted molar refractivity (Wildman–Crippen MR) is 43.6 cm³/mol. The normalized spacial score (nSPS) is 11.7. The minimum absolute atomic E-state index is 0.0149. The second kappa shape index (κ2) is 3.38. The van der Waals surface area contributed by atoms with Crippen LogP contribution >= 0.6 is 0 Å². The molecule has 0 fully saturated rings. The third-order valence-electron chi connectivity index (χ3n) is 1.76. The van der Waals surface area contributed by atoms with E-state index in [1.165, 1.54) is 12.1 Å². The summed E-state index contributed by atoms with van der Waals surface area (Å²) in [4.78, 5) is 0. The lowest BCUT2D eigenvalue weighted by molar-refractivity contribution is -0.137. The van der Waals surface area contributed by atoms with Gasteiger partial charge in [0.05, 0.1) is 5.56 Å². The molecule has 0 unspecified atom stereocenters. The smallest absolute Gasteiger partial charge is 0.412 e. The van der Waals surface area contributed by atoms with E-state index in [1.54, 1.807) is 0 Å². The van der Waals surface area contributed by atoms with Gasteiger partial charge < -0.3 is 4.42 Å². The molecule has 0 saturated carbocycles. The van der Waals surface area contributed by atoms with Crippen molar-refractivity contribution >= 4 is 0 Å². The molecule has 1 aromatic carbocycles. The Hall–Kier alpha value is -1.85. The molecule has 0 saturated heterocycles. The van der Waals surface area contributed by atoms with Crippen LogP contribution in [0, 0.1) is 6.39 Å². The van der Waals surface area contributed by atoms with E-state index < -0.39 is 11.7 Å². The second-order valence-electron chi connectivity index (χ2n) is 2.78. The topological polar surface area (TPSA) is 38.9 Å². The Bertz CT molecular complexity index is 451. The van der Waals surface area contributed by atoms with Gasteiger partial charge in [-0.15, -0.1) is 10.2 Å². The van der Waals surface area contributed by atoms with Gasteiger partial charge in [0.15, 0.2) is 0 Å². The van der Waals surface area contributed by atoms with E-state index >= 15 is 0 Å². The largest absolute Gasteiger partial charge is 0.416 e. The first kappa shape index (κ1) is 9.70. The Balaban J connectivity index is 2.44. The monoisotopic (exact) mass is 213 g/mol. The maximum Gasteiger partial charge on any atom is 0.416 e. The number of halogens is 3. The second-order valence-corrected chi connectivity index (χ2v) is 2.78. The van der Waals surface area contributed by atoms with E-state index in [9.17, 15) is 13.2 Å². The van der Waals surface area contributed by atoms with Crippen molar-refractivity contribution in [2.75, 3.05) is 0 Å². The van der Waals surface area contributed by atoms with Gasteiger partial charge in [0.1, 0.15) is 0 Å². The van der Waals surface area contributed by atoms with Crippen molar-refractivity contribution in [3.8, 4) is 11.5 Å². The van der Waals surface area contributed by atoms with Gasteiger partial charge in [0.2, 0.25) is 5.89 Å². The van der Waals surface area contributed by atoms with Crippen LogP contribution in [0.3, 0.4) is 0 Å². The van der Waals surface area contributed by atoms with Crippen LogP contribution in [0.15, 0.2) is 28.7 Å². The van der Waals surface area contributed by atoms with Crippen molar-refractivity contribution in [1.82, 2.24) is 10.2 Å². The molecule has 0 amide bonds. The number of hydrogen-bond acceptors (Lipinski definition) is 3. The molecular weight excluding hydrogens is 209 g/mol. The van der Waals surface area contributed by atoms with Crippen molar-refractivity contribution in [2.45, 2.75) is 6.18 Å². The number of alkyl halides is 3. The van der Waals surface area contributed by atoms with Crippen LogP contribution in [0.2, 0.25) is 0 Å². The minimum atomic E-state index is -4.38. The molecule has 3 nitrogen and oxygen atoms in total. The summed E-state index contributed by atoms with van der Waals surface area (Å²) < 4.78 is 41.7. The molecule has 15 heavy (non-hydrogen) atoms. The van der Waals surface area contributed by atoms with Crippen molar-refractivity contribution in [3.63, 3.8) is 0 Å². The Kier molecular flexibility index (Phi) is 2.18. The summed E-state index contributed by atoms with van der Waals surface area (Å²) in [5.41, 5.74) is -0.531. The molecule has 1 heterocycles. The number of nitrogens with zero attached hydrogens (tertiary/aromatic N) is 2. The van der Waals surface area contributed by atoms with E-state index in [0.717, 1.165) is 12.1 Å². The van der Waals surface area contributed by atoms with E-state index in [4.69, 9.17) is 0 Å². The number of benzene rings is 1. The quantitative estimate of drug-likeness (QED) is 0.730. The van der Waals surface area contributed by atoms with Crippen LogP contribution in [-0.2, 0) is 6.18 Å². The average molecular weight is 213 g/mol. The van der Waals surface area contributed by atoms with Crippen molar-refractivity contribution < 1.29 is 17.6 Å². The summed E-state index contributed by atoms with van der Waals surface area (Å²) in [6.45, 7) is 0. The minimum Gasteiger partial charge on any atom is -0.412 e. The van der Waals surface area contributed by atoms with Crippen LogP contribution in [0.4, 0.5) is 13.2 Å². The van der Waals surface area contributed by atoms with E-state index in [1.807, 2.05) is 0 Å². The summed E-state index contributed by atoms with van der Waals surface area (Å²) in [6, 6.07) is 4.66. The first-order valence-corrected chi connectivity index (χ1v) is 3.94. The zero-order valence-corrected chi connectivity index (χ0v) is 7.25. The summed E-state index contributed by atoms with van der Waals surface area (Å²) in [7, 11) is 0. The Morgan fingerprint density at radius 2 is 2.07 bits per heavy atom. The molecule has 0 aliphatic carbocycles. The summed E-state index contributed by atoms with van der Waals surface area (Å²) in [5, 5.41) is 6.74. The molecule has 2 aromatic rings. The maximum atomic E-state index is 12.3. The standard InChI is InChI=1S/C9H4F3N2O/c10-9(11,12)7-3-1-2-6(4-7)8-14-13-5-15-8/h1-4H. The Morgan fingerprint density at radius 3 is 2.67 bits per heavy atom. The summed E-state index contributed by atoms with van der Waals surface area (Å²) in [6.07, 6.45) is -2.31. The number of hydrogen-bond donors (Lipinski definition) is 0. The van der Waals surface area contributed by atoms with E-state index in [2.05, 4.69) is 21.0 Å². The number of rotatable bonds is 1. The summed E-state index contributed by atoms with van der Waals surface area (Å²) >= 11 is 0. The third-order valence-corrected chi connectivity index (χ3v) is 1.76. The van der Waals surface area contributed by atoms with Crippen LogP contribution in [0.5, 0.6) is 0 Å². The molecule has 2 rings (SSSR count). The molecule has 77 valence electrons. The van der Waals surface area contributed by atoms with Crippen molar-refractivity contribution in [3.05, 3.63) is 36.2 Å². The van der Waals surface area contributed by atoms with E-state index in [0.29, 0.717) is 0 Å². The molecule has 0 bridgehead atoms. The number of aromatic nitrogens is 2. The first-order chi connectivity index (χ1) is 7.07. The Labute approximate surface area is 82.6 Å². The van der Waals surface area contributed by atoms with Gasteiger partial charge >= 0.3 is 12.6 Å². The molecule has 0 aliphatic rings. The highest BCUT2D eigenvalue weighted by atomic mass is 19.4. The lowest BCUT2D eigenvalue weighted by atomic mass is 10.1. The molecule has 1 radical (unpaired) electrons. The highest BCUT2D eigenvalue weighted by molar-refractivity contribution is 5.53. The molecule has 0 spiro atoms. The van der Waals surface area contributed by atoms with Crippen LogP contribution in [-0.4, -0.2) is 10.2 Å². The zero-order valence-electron chi connectivity index (χ0n) is 7.25. The lowest BCUT2D eigenvalue weighted by Gasteiger charge is -2.06. The van der Waals surface area contributed by atoms with Crippen molar-refractivity contribution in [2.24, 2.45) is 0 Å². The highest BCUT2D eigenvalue weighted by Crippen LogP contribution is 2.31.